The number of benzene rings is 1. The molecule has 2 aromatic heterocycles. The molecule has 0 saturated carbocycles. The van der Waals surface area contributed by atoms with E-state index in [4.69, 9.17) is 4.74 Å². The van der Waals surface area contributed by atoms with Gasteiger partial charge in [0.25, 0.3) is 0 Å². The molecule has 2 aliphatic heterocycles. The first-order chi connectivity index (χ1) is 16.5. The number of nitrogens with zero attached hydrogens (tertiary/aromatic N) is 5. The van der Waals surface area contributed by atoms with Gasteiger partial charge in [0.15, 0.2) is 0 Å². The second-order valence-electron chi connectivity index (χ2n) is 9.12. The number of methoxy groups -OCH3 is 1. The fourth-order valence-electron chi connectivity index (χ4n) is 5.67. The molecule has 34 heavy (non-hydrogen) atoms. The molecule has 4 heterocycles. The molecule has 0 spiro atoms. The SMILES string of the molecule is COc1ccc2ncc(C#N)c(CCN3[C@@H]4CC[C@H]3CC(N(C)c3ccc([N+](=O)[O-])s3)C4)c2c1. The molecule has 0 N–H and O–H groups in total. The quantitative estimate of drug-likeness (QED) is 0.358. The van der Waals surface area contributed by atoms with Gasteiger partial charge in [-0.2, -0.15) is 5.26 Å². The van der Waals surface area contributed by atoms with Gasteiger partial charge < -0.3 is 9.64 Å². The summed E-state index contributed by atoms with van der Waals surface area (Å²) < 4.78 is 5.41. The van der Waals surface area contributed by atoms with Crippen LogP contribution >= 0.6 is 11.3 Å². The number of anilines is 1. The molecule has 2 aliphatic rings. The van der Waals surface area contributed by atoms with Crippen LogP contribution in [0.1, 0.15) is 36.8 Å². The molecule has 1 unspecified atom stereocenters. The Hall–Kier alpha value is -3.22. The maximum absolute atomic E-state index is 11.1. The zero-order valence-electron chi connectivity index (χ0n) is 19.3. The van der Waals surface area contributed by atoms with Gasteiger partial charge in [0, 0.05) is 49.4 Å². The molecule has 0 radical (unpaired) electrons. The highest BCUT2D eigenvalue weighted by Crippen LogP contribution is 2.41. The van der Waals surface area contributed by atoms with Crippen LogP contribution in [0.3, 0.4) is 0 Å². The lowest BCUT2D eigenvalue weighted by Crippen LogP contribution is -2.50. The van der Waals surface area contributed by atoms with E-state index in [1.165, 1.54) is 24.2 Å². The minimum absolute atomic E-state index is 0.191. The van der Waals surface area contributed by atoms with E-state index in [-0.39, 0.29) is 9.92 Å². The zero-order valence-corrected chi connectivity index (χ0v) is 20.1. The third-order valence-electron chi connectivity index (χ3n) is 7.44. The number of piperidine rings is 1. The van der Waals surface area contributed by atoms with Gasteiger partial charge in [-0.1, -0.05) is 0 Å². The number of hydrogen-bond acceptors (Lipinski definition) is 8. The van der Waals surface area contributed by atoms with E-state index >= 15 is 0 Å². The van der Waals surface area contributed by atoms with Crippen molar-refractivity contribution in [3.05, 3.63) is 57.8 Å². The van der Waals surface area contributed by atoms with Gasteiger partial charge >= 0.3 is 5.00 Å². The van der Waals surface area contributed by atoms with E-state index in [9.17, 15) is 15.4 Å². The number of thiophene rings is 1. The summed E-state index contributed by atoms with van der Waals surface area (Å²) in [7, 11) is 3.71. The smallest absolute Gasteiger partial charge is 0.326 e. The maximum Gasteiger partial charge on any atom is 0.326 e. The van der Waals surface area contributed by atoms with Gasteiger partial charge in [-0.05, 0) is 73.3 Å². The Kier molecular flexibility index (Phi) is 6.11. The molecular weight excluding hydrogens is 450 g/mol. The fraction of sp³-hybridized carbons (Fsp3) is 0.440. The first-order valence-electron chi connectivity index (χ1n) is 11.6. The molecule has 176 valence electrons. The average molecular weight is 478 g/mol. The molecule has 3 aromatic rings. The number of hydrogen-bond donors (Lipinski definition) is 0. The minimum Gasteiger partial charge on any atom is -0.497 e. The van der Waals surface area contributed by atoms with E-state index < -0.39 is 0 Å². The van der Waals surface area contributed by atoms with Crippen LogP contribution < -0.4 is 9.64 Å². The molecule has 2 bridgehead atoms. The number of fused-ring (bicyclic) bond motifs is 3. The predicted molar refractivity (Wildman–Crippen MR) is 133 cm³/mol. The van der Waals surface area contributed by atoms with Crippen molar-refractivity contribution in [1.29, 1.82) is 5.26 Å². The Labute approximate surface area is 202 Å². The molecule has 0 amide bonds. The van der Waals surface area contributed by atoms with Gasteiger partial charge in [0.05, 0.1) is 28.1 Å². The topological polar surface area (TPSA) is 95.5 Å². The summed E-state index contributed by atoms with van der Waals surface area (Å²) >= 11 is 1.25. The van der Waals surface area contributed by atoms with Crippen molar-refractivity contribution in [2.24, 2.45) is 0 Å². The lowest BCUT2D eigenvalue weighted by molar-refractivity contribution is -0.380. The highest BCUT2D eigenvalue weighted by atomic mass is 32.1. The number of nitro groups is 1. The van der Waals surface area contributed by atoms with Crippen molar-refractivity contribution in [3.63, 3.8) is 0 Å². The molecule has 9 heteroatoms. The van der Waals surface area contributed by atoms with Crippen LogP contribution in [0.25, 0.3) is 10.9 Å². The van der Waals surface area contributed by atoms with Crippen LogP contribution in [0.4, 0.5) is 10.0 Å². The van der Waals surface area contributed by atoms with Crippen LogP contribution in [-0.4, -0.2) is 53.6 Å². The number of aromatic nitrogens is 1. The molecular formula is C25H27N5O3S. The summed E-state index contributed by atoms with van der Waals surface area (Å²) in [6.07, 6.45) is 6.93. The van der Waals surface area contributed by atoms with Crippen molar-refractivity contribution in [2.45, 2.75) is 50.2 Å². The second kappa shape index (κ2) is 9.20. The summed E-state index contributed by atoms with van der Waals surface area (Å²) in [5, 5.41) is 22.9. The molecule has 1 aromatic carbocycles. The van der Waals surface area contributed by atoms with Crippen LogP contribution in [0.5, 0.6) is 5.75 Å². The largest absolute Gasteiger partial charge is 0.497 e. The maximum atomic E-state index is 11.1. The Morgan fingerprint density at radius 1 is 1.29 bits per heavy atom. The lowest BCUT2D eigenvalue weighted by Gasteiger charge is -2.42. The molecule has 5 rings (SSSR count). The van der Waals surface area contributed by atoms with Crippen molar-refractivity contribution in [3.8, 4) is 11.8 Å². The third kappa shape index (κ3) is 4.08. The number of rotatable bonds is 7. The average Bonchev–Trinajstić information content (AvgIpc) is 3.43. The highest BCUT2D eigenvalue weighted by Gasteiger charge is 2.42. The standard InChI is InChI=1S/C25H27N5O3S/c1-28(24-7-8-25(34-24)30(31)32)19-11-17-3-4-18(12-19)29(17)10-9-21-16(14-26)15-27-23-6-5-20(33-2)13-22(21)23/h5-8,13,15,17-19H,3-4,9-12H2,1-2H3/t17-,18+,19?. The van der Waals surface area contributed by atoms with E-state index in [1.807, 2.05) is 24.3 Å². The van der Waals surface area contributed by atoms with Gasteiger partial charge in [-0.15, -0.1) is 0 Å². The lowest BCUT2D eigenvalue weighted by atomic mass is 9.94. The number of pyridine rings is 1. The number of nitriles is 1. The Morgan fingerprint density at radius 3 is 2.71 bits per heavy atom. The summed E-state index contributed by atoms with van der Waals surface area (Å²) in [6.45, 7) is 0.904. The van der Waals surface area contributed by atoms with Crippen molar-refractivity contribution in [2.75, 3.05) is 25.6 Å². The molecule has 0 aliphatic carbocycles. The van der Waals surface area contributed by atoms with E-state index in [2.05, 4.69) is 27.9 Å². The van der Waals surface area contributed by atoms with Gasteiger partial charge in [0.2, 0.25) is 0 Å². The predicted octanol–water partition coefficient (Wildman–Crippen LogP) is 4.76. The summed E-state index contributed by atoms with van der Waals surface area (Å²) in [6, 6.07) is 13.0. The summed E-state index contributed by atoms with van der Waals surface area (Å²) in [5.41, 5.74) is 2.54. The summed E-state index contributed by atoms with van der Waals surface area (Å²) in [4.78, 5) is 20.1. The number of ether oxygens (including phenoxy) is 1. The normalized spacial score (nSPS) is 22.0. The third-order valence-corrected chi connectivity index (χ3v) is 8.57. The summed E-state index contributed by atoms with van der Waals surface area (Å²) in [5.74, 6) is 0.767. The minimum atomic E-state index is -0.317. The van der Waals surface area contributed by atoms with Crippen molar-refractivity contribution in [1.82, 2.24) is 9.88 Å². The van der Waals surface area contributed by atoms with Gasteiger partial charge in [0.1, 0.15) is 11.8 Å². The second-order valence-corrected chi connectivity index (χ2v) is 10.2. The van der Waals surface area contributed by atoms with E-state index in [1.54, 1.807) is 19.4 Å². The highest BCUT2D eigenvalue weighted by molar-refractivity contribution is 7.19. The van der Waals surface area contributed by atoms with Crippen LogP contribution in [0.15, 0.2) is 36.5 Å². The van der Waals surface area contributed by atoms with Crippen molar-refractivity contribution < 1.29 is 9.66 Å². The van der Waals surface area contributed by atoms with E-state index in [0.29, 0.717) is 23.7 Å². The first-order valence-corrected chi connectivity index (χ1v) is 12.4. The Morgan fingerprint density at radius 2 is 2.06 bits per heavy atom. The molecule has 2 fully saturated rings. The molecule has 8 nitrogen and oxygen atoms in total. The van der Waals surface area contributed by atoms with Crippen LogP contribution in [0, 0.1) is 21.4 Å². The fourth-order valence-corrected chi connectivity index (χ4v) is 6.53. The monoisotopic (exact) mass is 477 g/mol. The zero-order chi connectivity index (χ0) is 23.8. The van der Waals surface area contributed by atoms with Crippen molar-refractivity contribution >= 4 is 32.2 Å². The van der Waals surface area contributed by atoms with Gasteiger partial charge in [-0.3, -0.25) is 20.0 Å². The first kappa shape index (κ1) is 22.6. The van der Waals surface area contributed by atoms with Crippen LogP contribution in [0.2, 0.25) is 0 Å². The van der Waals surface area contributed by atoms with Crippen LogP contribution in [-0.2, 0) is 6.42 Å². The Bertz CT molecular complexity index is 1260. The van der Waals surface area contributed by atoms with Gasteiger partial charge in [-0.25, -0.2) is 0 Å². The Balaban J connectivity index is 1.31. The van der Waals surface area contributed by atoms with E-state index in [0.717, 1.165) is 53.0 Å². The molecule has 3 atom stereocenters. The molecule has 2 saturated heterocycles.